The first-order chi connectivity index (χ1) is 20.1. The number of piperidine rings is 1. The highest BCUT2D eigenvalue weighted by atomic mass is 79.9. The predicted octanol–water partition coefficient (Wildman–Crippen LogP) is 7.44. The molecule has 220 valence electrons. The molecule has 1 saturated heterocycles. The fourth-order valence-electron chi connectivity index (χ4n) is 5.85. The summed E-state index contributed by atoms with van der Waals surface area (Å²) >= 11 is 5.09. The number of carbonyl (C=O) groups excluding carboxylic acids is 2. The van der Waals surface area contributed by atoms with E-state index in [1.807, 2.05) is 37.6 Å². The van der Waals surface area contributed by atoms with Crippen LogP contribution in [0.25, 0.3) is 21.2 Å². The van der Waals surface area contributed by atoms with E-state index in [2.05, 4.69) is 26.0 Å². The summed E-state index contributed by atoms with van der Waals surface area (Å²) in [5.41, 5.74) is 2.02. The van der Waals surface area contributed by atoms with Crippen molar-refractivity contribution in [2.45, 2.75) is 71.1 Å². The molecule has 1 fully saturated rings. The Morgan fingerprint density at radius 2 is 1.98 bits per heavy atom. The van der Waals surface area contributed by atoms with E-state index in [4.69, 9.17) is 4.74 Å². The maximum Gasteiger partial charge on any atom is 0.410 e. The second-order valence-electron chi connectivity index (χ2n) is 11.9. The first-order valence-corrected chi connectivity index (χ1v) is 15.9. The van der Waals surface area contributed by atoms with Gasteiger partial charge in [-0.25, -0.2) is 14.2 Å². The molecule has 0 saturated carbocycles. The number of fused-ring (bicyclic) bond motifs is 2. The molecule has 3 aromatic heterocycles. The molecule has 11 heteroatoms. The Hall–Kier alpha value is -3.31. The number of hydrogen-bond donors (Lipinski definition) is 0. The molecule has 42 heavy (non-hydrogen) atoms. The molecule has 0 spiro atoms. The number of amides is 2. The summed E-state index contributed by atoms with van der Waals surface area (Å²) in [4.78, 5) is 35.2. The zero-order chi connectivity index (χ0) is 29.6. The van der Waals surface area contributed by atoms with Crippen LogP contribution < -0.4 is 4.90 Å². The van der Waals surface area contributed by atoms with Crippen molar-refractivity contribution in [2.75, 3.05) is 18.0 Å². The lowest BCUT2D eigenvalue weighted by atomic mass is 9.98. The number of thiophene rings is 1. The smallest absolute Gasteiger partial charge is 0.410 e. The number of halogens is 2. The van der Waals surface area contributed by atoms with Gasteiger partial charge in [-0.1, -0.05) is 6.07 Å². The van der Waals surface area contributed by atoms with Gasteiger partial charge >= 0.3 is 6.09 Å². The van der Waals surface area contributed by atoms with Gasteiger partial charge in [0.25, 0.3) is 5.91 Å². The molecule has 0 unspecified atom stereocenters. The average Bonchev–Trinajstić information content (AvgIpc) is 3.55. The number of anilines is 1. The van der Waals surface area contributed by atoms with Crippen molar-refractivity contribution in [1.29, 1.82) is 0 Å². The molecule has 1 aromatic carbocycles. The van der Waals surface area contributed by atoms with Gasteiger partial charge in [-0.2, -0.15) is 5.10 Å². The van der Waals surface area contributed by atoms with E-state index >= 15 is 4.39 Å². The monoisotopic (exact) mass is 653 g/mol. The van der Waals surface area contributed by atoms with Gasteiger partial charge in [0.1, 0.15) is 17.2 Å². The maximum atomic E-state index is 15.9. The van der Waals surface area contributed by atoms with Crippen LogP contribution in [-0.2, 0) is 17.7 Å². The molecule has 0 radical (unpaired) electrons. The number of ether oxygens (including phenoxy) is 1. The number of pyridine rings is 1. The summed E-state index contributed by atoms with van der Waals surface area (Å²) in [5, 5.41) is 5.28. The fourth-order valence-corrected chi connectivity index (χ4v) is 7.38. The topological polar surface area (TPSA) is 80.6 Å². The van der Waals surface area contributed by atoms with Gasteiger partial charge in [-0.3, -0.25) is 14.4 Å². The van der Waals surface area contributed by atoms with Crippen molar-refractivity contribution < 1.29 is 18.7 Å². The summed E-state index contributed by atoms with van der Waals surface area (Å²) in [6, 6.07) is 8.19. The summed E-state index contributed by atoms with van der Waals surface area (Å²) < 4.78 is 25.4. The number of hydrogen-bond acceptors (Lipinski definition) is 6. The Balaban J connectivity index is 1.37. The summed E-state index contributed by atoms with van der Waals surface area (Å²) in [5.74, 6) is -0.643. The third kappa shape index (κ3) is 5.68. The van der Waals surface area contributed by atoms with Gasteiger partial charge in [0.2, 0.25) is 0 Å². The van der Waals surface area contributed by atoms with Crippen LogP contribution in [0.1, 0.15) is 62.5 Å². The van der Waals surface area contributed by atoms with Crippen molar-refractivity contribution in [3.05, 3.63) is 63.6 Å². The lowest BCUT2D eigenvalue weighted by Gasteiger charge is -2.39. The molecule has 2 amide bonds. The minimum Gasteiger partial charge on any atom is -0.444 e. The Labute approximate surface area is 256 Å². The van der Waals surface area contributed by atoms with Gasteiger partial charge in [-0.05, 0) is 98.6 Å². The minimum absolute atomic E-state index is 0.0396. The number of aryl methyl sites for hydroxylation is 1. The van der Waals surface area contributed by atoms with Crippen molar-refractivity contribution in [1.82, 2.24) is 19.7 Å². The number of rotatable bonds is 4. The van der Waals surface area contributed by atoms with Gasteiger partial charge in [0.05, 0.1) is 21.6 Å². The quantitative estimate of drug-likeness (QED) is 0.229. The second kappa shape index (κ2) is 11.4. The van der Waals surface area contributed by atoms with Crippen molar-refractivity contribution >= 4 is 55.2 Å². The average molecular weight is 655 g/mol. The number of nitrogens with zero attached hydrogens (tertiary/aromatic N) is 5. The normalized spacial score (nSPS) is 17.3. The van der Waals surface area contributed by atoms with Crippen LogP contribution in [-0.4, -0.2) is 56.4 Å². The van der Waals surface area contributed by atoms with E-state index in [0.717, 1.165) is 50.9 Å². The number of likely N-dealkylation sites (tertiary alicyclic amines) is 1. The molecule has 6 rings (SSSR count). The van der Waals surface area contributed by atoms with Gasteiger partial charge < -0.3 is 9.64 Å². The van der Waals surface area contributed by atoms with E-state index in [-0.39, 0.29) is 12.1 Å². The molecule has 2 aliphatic heterocycles. The summed E-state index contributed by atoms with van der Waals surface area (Å²) in [7, 11) is 0. The van der Waals surface area contributed by atoms with E-state index in [0.29, 0.717) is 30.8 Å². The maximum absolute atomic E-state index is 15.9. The molecule has 0 N–H and O–H groups in total. The molecular weight excluding hydrogens is 621 g/mol. The Morgan fingerprint density at radius 1 is 1.14 bits per heavy atom. The second-order valence-corrected chi connectivity index (χ2v) is 14.3. The van der Waals surface area contributed by atoms with E-state index < -0.39 is 29.5 Å². The highest BCUT2D eigenvalue weighted by Gasteiger charge is 2.36. The summed E-state index contributed by atoms with van der Waals surface area (Å²) in [6.07, 6.45) is 7.39. The fraction of sp³-hybridized carbons (Fsp3) is 0.419. The lowest BCUT2D eigenvalue weighted by Crippen LogP contribution is -2.53. The molecule has 4 aromatic rings. The summed E-state index contributed by atoms with van der Waals surface area (Å²) in [6.45, 7) is 7.12. The van der Waals surface area contributed by atoms with Crippen LogP contribution in [0.15, 0.2) is 46.5 Å². The van der Waals surface area contributed by atoms with Crippen molar-refractivity contribution in [2.24, 2.45) is 0 Å². The van der Waals surface area contributed by atoms with Crippen LogP contribution >= 0.6 is 27.3 Å². The van der Waals surface area contributed by atoms with Crippen LogP contribution in [0.3, 0.4) is 0 Å². The first-order valence-electron chi connectivity index (χ1n) is 14.3. The molecule has 0 aliphatic carbocycles. The van der Waals surface area contributed by atoms with E-state index in [1.165, 1.54) is 17.4 Å². The van der Waals surface area contributed by atoms with Crippen LogP contribution in [0.2, 0.25) is 0 Å². The Kier molecular flexibility index (Phi) is 7.82. The molecular formula is C31H33BrFN5O3S. The van der Waals surface area contributed by atoms with Gasteiger partial charge in [-0.15, -0.1) is 11.3 Å². The Bertz CT molecular complexity index is 1660. The molecule has 8 nitrogen and oxygen atoms in total. The SMILES string of the molecule is CC(C)(C)OC(=O)N1CCC[C@@H](N(C(=O)c2ccc(-c3cnn4c3CCCC4)cc2F)c2nccc3sc(Br)cc23)C1. The van der Waals surface area contributed by atoms with Gasteiger partial charge in [0.15, 0.2) is 0 Å². The Morgan fingerprint density at radius 3 is 2.76 bits per heavy atom. The zero-order valence-electron chi connectivity index (χ0n) is 23.9. The standard InChI is InChI=1S/C31H33BrFN5O3S/c1-31(2,3)41-30(40)36-13-6-7-20(18-36)38(28-22-16-27(32)42-26(22)11-12-34-28)29(39)21-10-9-19(15-24(21)33)23-17-35-37-14-5-4-8-25(23)37/h9-12,15-17,20H,4-8,13-14,18H2,1-3H3/t20-/m1/s1. The molecule has 5 heterocycles. The molecule has 1 atom stereocenters. The largest absolute Gasteiger partial charge is 0.444 e. The third-order valence-electron chi connectivity index (χ3n) is 7.75. The number of aromatic nitrogens is 3. The highest BCUT2D eigenvalue weighted by Crippen LogP contribution is 2.37. The highest BCUT2D eigenvalue weighted by molar-refractivity contribution is 9.11. The number of carbonyl (C=O) groups is 2. The van der Waals surface area contributed by atoms with E-state index in [1.54, 1.807) is 34.3 Å². The predicted molar refractivity (Wildman–Crippen MR) is 166 cm³/mol. The van der Waals surface area contributed by atoms with Crippen LogP contribution in [0.4, 0.5) is 15.0 Å². The lowest BCUT2D eigenvalue weighted by molar-refractivity contribution is 0.0196. The van der Waals surface area contributed by atoms with Crippen LogP contribution in [0.5, 0.6) is 0 Å². The first kappa shape index (κ1) is 28.8. The number of benzene rings is 1. The van der Waals surface area contributed by atoms with Crippen molar-refractivity contribution in [3.63, 3.8) is 0 Å². The molecule has 2 aliphatic rings. The van der Waals surface area contributed by atoms with Crippen molar-refractivity contribution in [3.8, 4) is 11.1 Å². The van der Waals surface area contributed by atoms with Crippen LogP contribution in [0, 0.1) is 5.82 Å². The van der Waals surface area contributed by atoms with Gasteiger partial charge in [0, 0.05) is 47.2 Å². The zero-order valence-corrected chi connectivity index (χ0v) is 26.3. The van der Waals surface area contributed by atoms with E-state index in [9.17, 15) is 9.59 Å². The molecule has 0 bridgehead atoms. The third-order valence-corrected chi connectivity index (χ3v) is 9.35. The minimum atomic E-state index is -0.643.